The zero-order chi connectivity index (χ0) is 16.4. The van der Waals surface area contributed by atoms with Crippen LogP contribution in [0.25, 0.3) is 0 Å². The molecule has 2 fully saturated rings. The SMILES string of the molecule is CN(C1CCCCC1)S(=O)(=O)N1CC[C@H](c2ccc(F)cc2)C1. The van der Waals surface area contributed by atoms with Crippen molar-refractivity contribution >= 4 is 10.2 Å². The van der Waals surface area contributed by atoms with E-state index in [0.717, 1.165) is 37.7 Å². The lowest BCUT2D eigenvalue weighted by Gasteiger charge is -2.33. The molecular formula is C17H25FN2O2S. The van der Waals surface area contributed by atoms with E-state index < -0.39 is 10.2 Å². The molecule has 0 unspecified atom stereocenters. The minimum atomic E-state index is -3.39. The monoisotopic (exact) mass is 340 g/mol. The molecule has 1 aromatic rings. The van der Waals surface area contributed by atoms with E-state index in [1.165, 1.54) is 18.6 Å². The Morgan fingerprint density at radius 3 is 2.39 bits per heavy atom. The van der Waals surface area contributed by atoms with Gasteiger partial charge in [0.15, 0.2) is 0 Å². The van der Waals surface area contributed by atoms with Crippen LogP contribution < -0.4 is 0 Å². The molecule has 0 N–H and O–H groups in total. The van der Waals surface area contributed by atoms with Crippen LogP contribution in [-0.2, 0) is 10.2 Å². The van der Waals surface area contributed by atoms with Crippen molar-refractivity contribution in [3.63, 3.8) is 0 Å². The van der Waals surface area contributed by atoms with Crippen molar-refractivity contribution in [3.8, 4) is 0 Å². The second kappa shape index (κ2) is 6.87. The maximum atomic E-state index is 13.0. The van der Waals surface area contributed by atoms with E-state index in [-0.39, 0.29) is 17.8 Å². The third-order valence-corrected chi connectivity index (χ3v) is 7.28. The summed E-state index contributed by atoms with van der Waals surface area (Å²) < 4.78 is 41.9. The lowest BCUT2D eigenvalue weighted by Crippen LogP contribution is -2.46. The van der Waals surface area contributed by atoms with Crippen molar-refractivity contribution in [2.24, 2.45) is 0 Å². The van der Waals surface area contributed by atoms with E-state index in [0.29, 0.717) is 13.1 Å². The van der Waals surface area contributed by atoms with Gasteiger partial charge in [0.05, 0.1) is 0 Å². The van der Waals surface area contributed by atoms with E-state index in [9.17, 15) is 12.8 Å². The zero-order valence-electron chi connectivity index (χ0n) is 13.6. The molecule has 1 aliphatic carbocycles. The highest BCUT2D eigenvalue weighted by Gasteiger charge is 2.37. The van der Waals surface area contributed by atoms with E-state index in [1.807, 2.05) is 0 Å². The van der Waals surface area contributed by atoms with E-state index in [2.05, 4.69) is 0 Å². The fourth-order valence-corrected chi connectivity index (χ4v) is 5.42. The molecule has 0 radical (unpaired) electrons. The predicted molar refractivity (Wildman–Crippen MR) is 88.9 cm³/mol. The lowest BCUT2D eigenvalue weighted by molar-refractivity contribution is 0.268. The van der Waals surface area contributed by atoms with Crippen LogP contribution in [0.3, 0.4) is 0 Å². The Morgan fingerprint density at radius 2 is 1.74 bits per heavy atom. The lowest BCUT2D eigenvalue weighted by atomic mass is 9.96. The van der Waals surface area contributed by atoms with Gasteiger partial charge in [0.2, 0.25) is 0 Å². The fourth-order valence-electron chi connectivity index (χ4n) is 3.76. The van der Waals surface area contributed by atoms with Gasteiger partial charge in [0.1, 0.15) is 5.82 Å². The van der Waals surface area contributed by atoms with Gasteiger partial charge in [0, 0.05) is 26.2 Å². The number of hydrogen-bond donors (Lipinski definition) is 0. The van der Waals surface area contributed by atoms with Gasteiger partial charge in [-0.1, -0.05) is 31.4 Å². The summed E-state index contributed by atoms with van der Waals surface area (Å²) in [7, 11) is -1.68. The van der Waals surface area contributed by atoms with Crippen LogP contribution in [0.2, 0.25) is 0 Å². The number of rotatable bonds is 4. The Balaban J connectivity index is 1.68. The maximum absolute atomic E-state index is 13.0. The van der Waals surface area contributed by atoms with Crippen LogP contribution >= 0.6 is 0 Å². The van der Waals surface area contributed by atoms with E-state index in [4.69, 9.17) is 0 Å². The summed E-state index contributed by atoms with van der Waals surface area (Å²) in [4.78, 5) is 0. The molecule has 0 bridgehead atoms. The molecule has 1 atom stereocenters. The number of benzene rings is 1. The van der Waals surface area contributed by atoms with Crippen LogP contribution in [0.1, 0.15) is 50.0 Å². The molecule has 1 saturated heterocycles. The van der Waals surface area contributed by atoms with Crippen molar-refractivity contribution in [3.05, 3.63) is 35.6 Å². The van der Waals surface area contributed by atoms with Crippen LogP contribution in [-0.4, -0.2) is 43.2 Å². The molecule has 3 rings (SSSR count). The Bertz CT molecular complexity index is 626. The summed E-state index contributed by atoms with van der Waals surface area (Å²) >= 11 is 0. The molecular weight excluding hydrogens is 315 g/mol. The molecule has 1 aliphatic heterocycles. The third-order valence-electron chi connectivity index (χ3n) is 5.27. The van der Waals surface area contributed by atoms with Crippen molar-refractivity contribution in [1.29, 1.82) is 0 Å². The van der Waals surface area contributed by atoms with Gasteiger partial charge in [-0.05, 0) is 42.9 Å². The van der Waals surface area contributed by atoms with Gasteiger partial charge in [0.25, 0.3) is 10.2 Å². The first kappa shape index (κ1) is 16.9. The summed E-state index contributed by atoms with van der Waals surface area (Å²) in [5, 5.41) is 0. The van der Waals surface area contributed by atoms with Crippen LogP contribution in [0.15, 0.2) is 24.3 Å². The highest BCUT2D eigenvalue weighted by Crippen LogP contribution is 2.31. The molecule has 0 amide bonds. The van der Waals surface area contributed by atoms with E-state index in [1.54, 1.807) is 27.8 Å². The van der Waals surface area contributed by atoms with Crippen LogP contribution in [0, 0.1) is 5.82 Å². The van der Waals surface area contributed by atoms with Crippen molar-refractivity contribution < 1.29 is 12.8 Å². The Hall–Kier alpha value is -0.980. The van der Waals surface area contributed by atoms with Gasteiger partial charge >= 0.3 is 0 Å². The maximum Gasteiger partial charge on any atom is 0.281 e. The first-order valence-electron chi connectivity index (χ1n) is 8.47. The van der Waals surface area contributed by atoms with Gasteiger partial charge in [-0.25, -0.2) is 4.39 Å². The molecule has 1 aromatic carbocycles. The molecule has 6 heteroatoms. The second-order valence-corrected chi connectivity index (χ2v) is 8.70. The van der Waals surface area contributed by atoms with Gasteiger partial charge in [-0.15, -0.1) is 0 Å². The predicted octanol–water partition coefficient (Wildman–Crippen LogP) is 3.12. The average Bonchev–Trinajstić information content (AvgIpc) is 3.06. The molecule has 1 heterocycles. The van der Waals surface area contributed by atoms with Gasteiger partial charge in [-0.3, -0.25) is 0 Å². The van der Waals surface area contributed by atoms with E-state index >= 15 is 0 Å². The van der Waals surface area contributed by atoms with Crippen LogP contribution in [0.5, 0.6) is 0 Å². The number of nitrogens with zero attached hydrogens (tertiary/aromatic N) is 2. The smallest absolute Gasteiger partial charge is 0.207 e. The molecule has 2 aliphatic rings. The third kappa shape index (κ3) is 3.59. The summed E-state index contributed by atoms with van der Waals surface area (Å²) in [6, 6.07) is 6.56. The second-order valence-electron chi connectivity index (χ2n) is 6.71. The average molecular weight is 340 g/mol. The summed E-state index contributed by atoms with van der Waals surface area (Å²) in [5.74, 6) is -0.0987. The summed E-state index contributed by atoms with van der Waals surface area (Å²) in [5.41, 5.74) is 1.02. The highest BCUT2D eigenvalue weighted by molar-refractivity contribution is 7.86. The molecule has 23 heavy (non-hydrogen) atoms. The summed E-state index contributed by atoms with van der Waals surface area (Å²) in [6.07, 6.45) is 6.16. The van der Waals surface area contributed by atoms with Gasteiger partial charge < -0.3 is 0 Å². The van der Waals surface area contributed by atoms with Gasteiger partial charge in [-0.2, -0.15) is 17.0 Å². The topological polar surface area (TPSA) is 40.6 Å². The Kier molecular flexibility index (Phi) is 5.04. The van der Waals surface area contributed by atoms with Crippen molar-refractivity contribution in [1.82, 2.24) is 8.61 Å². The summed E-state index contributed by atoms with van der Waals surface area (Å²) in [6.45, 7) is 1.03. The largest absolute Gasteiger partial charge is 0.281 e. The highest BCUT2D eigenvalue weighted by atomic mass is 32.2. The quantitative estimate of drug-likeness (QED) is 0.845. The number of halogens is 1. The minimum Gasteiger partial charge on any atom is -0.207 e. The Labute approximate surface area is 138 Å². The number of hydrogen-bond acceptors (Lipinski definition) is 2. The molecule has 1 saturated carbocycles. The fraction of sp³-hybridized carbons (Fsp3) is 0.647. The minimum absolute atomic E-state index is 0.138. The molecule has 128 valence electrons. The first-order chi connectivity index (χ1) is 11.0. The van der Waals surface area contributed by atoms with Crippen LogP contribution in [0.4, 0.5) is 4.39 Å². The molecule has 0 spiro atoms. The standard InChI is InChI=1S/C17H25FN2O2S/c1-19(17-5-3-2-4-6-17)23(21,22)20-12-11-15(13-20)14-7-9-16(18)10-8-14/h7-10,15,17H,2-6,11-13H2,1H3/t15-/m0/s1. The zero-order valence-corrected chi connectivity index (χ0v) is 14.4. The van der Waals surface area contributed by atoms with Crippen molar-refractivity contribution in [2.45, 2.75) is 50.5 Å². The molecule has 0 aromatic heterocycles. The Morgan fingerprint density at radius 1 is 1.09 bits per heavy atom. The molecule has 4 nitrogen and oxygen atoms in total. The first-order valence-corrected chi connectivity index (χ1v) is 9.87. The van der Waals surface area contributed by atoms with Crippen molar-refractivity contribution in [2.75, 3.05) is 20.1 Å². The normalized spacial score (nSPS) is 24.4.